The predicted octanol–water partition coefficient (Wildman–Crippen LogP) is 3.21. The predicted molar refractivity (Wildman–Crippen MR) is 94.1 cm³/mol. The molecule has 1 heterocycles. The van der Waals surface area contributed by atoms with Crippen LogP contribution in [-0.4, -0.2) is 29.4 Å². The third-order valence-electron chi connectivity index (χ3n) is 4.36. The van der Waals surface area contributed by atoms with Crippen molar-refractivity contribution >= 4 is 34.3 Å². The van der Waals surface area contributed by atoms with Crippen LogP contribution in [0.4, 0.5) is 4.39 Å². The molecule has 2 amide bonds. The molecule has 1 fully saturated rings. The second kappa shape index (κ2) is 7.78. The fourth-order valence-corrected chi connectivity index (χ4v) is 3.29. The Balaban J connectivity index is 1.62. The third kappa shape index (κ3) is 4.45. The molecule has 132 valence electrons. The van der Waals surface area contributed by atoms with E-state index in [1.807, 2.05) is 0 Å². The molecule has 0 radical (unpaired) electrons. The molecule has 1 saturated carbocycles. The first-order valence-corrected chi connectivity index (χ1v) is 8.74. The Bertz CT molecular complexity index is 806. The highest BCUT2D eigenvalue weighted by Gasteiger charge is 2.18. The number of carbonyl (C=O) groups is 2. The second-order valence-corrected chi connectivity index (χ2v) is 6.61. The Kier molecular flexibility index (Phi) is 5.48. The quantitative estimate of drug-likeness (QED) is 0.819. The number of halogens is 2. The lowest BCUT2D eigenvalue weighted by atomic mass is 9.95. The van der Waals surface area contributed by atoms with Crippen LogP contribution in [-0.2, 0) is 4.79 Å². The van der Waals surface area contributed by atoms with Gasteiger partial charge in [0.05, 0.1) is 17.6 Å². The van der Waals surface area contributed by atoms with Gasteiger partial charge in [0.15, 0.2) is 0 Å². The Morgan fingerprint density at radius 3 is 2.72 bits per heavy atom. The van der Waals surface area contributed by atoms with E-state index in [4.69, 9.17) is 11.6 Å². The van der Waals surface area contributed by atoms with Crippen molar-refractivity contribution < 1.29 is 14.0 Å². The molecule has 1 aliphatic rings. The van der Waals surface area contributed by atoms with Gasteiger partial charge in [0, 0.05) is 17.5 Å². The number of hydrogen-bond acceptors (Lipinski definition) is 3. The van der Waals surface area contributed by atoms with Crippen LogP contribution in [0.15, 0.2) is 24.3 Å². The van der Waals surface area contributed by atoms with Gasteiger partial charge in [-0.2, -0.15) is 0 Å². The first-order chi connectivity index (χ1) is 12.0. The fraction of sp³-hybridized carbons (Fsp3) is 0.389. The van der Waals surface area contributed by atoms with E-state index in [-0.39, 0.29) is 29.2 Å². The van der Waals surface area contributed by atoms with Crippen molar-refractivity contribution in [2.75, 3.05) is 6.54 Å². The van der Waals surface area contributed by atoms with Crippen molar-refractivity contribution in [1.29, 1.82) is 0 Å². The lowest BCUT2D eigenvalue weighted by Crippen LogP contribution is -2.42. The van der Waals surface area contributed by atoms with Crippen LogP contribution in [0.3, 0.4) is 0 Å². The number of carbonyl (C=O) groups excluding carboxylic acids is 2. The molecule has 2 aromatic rings. The molecule has 3 rings (SSSR count). The lowest BCUT2D eigenvalue weighted by Gasteiger charge is -2.22. The van der Waals surface area contributed by atoms with Gasteiger partial charge in [0.2, 0.25) is 5.91 Å². The van der Waals surface area contributed by atoms with Gasteiger partial charge >= 0.3 is 0 Å². The SMILES string of the molecule is O=C(CNC(=O)c1cc2ccc(F)cc2nc1Cl)NC1CCCCC1. The number of nitrogens with one attached hydrogen (secondary N) is 2. The minimum Gasteiger partial charge on any atom is -0.352 e. The number of rotatable bonds is 4. The van der Waals surface area contributed by atoms with Crippen LogP contribution in [0.2, 0.25) is 5.15 Å². The minimum absolute atomic E-state index is 0.0247. The van der Waals surface area contributed by atoms with E-state index < -0.39 is 11.7 Å². The molecule has 0 aliphatic heterocycles. The molecule has 0 atom stereocenters. The molecule has 7 heteroatoms. The van der Waals surface area contributed by atoms with E-state index >= 15 is 0 Å². The highest BCUT2D eigenvalue weighted by molar-refractivity contribution is 6.33. The maximum absolute atomic E-state index is 13.2. The molecule has 25 heavy (non-hydrogen) atoms. The molecule has 0 spiro atoms. The number of aromatic nitrogens is 1. The number of hydrogen-bond donors (Lipinski definition) is 2. The van der Waals surface area contributed by atoms with Gasteiger partial charge < -0.3 is 10.6 Å². The lowest BCUT2D eigenvalue weighted by molar-refractivity contribution is -0.121. The fourth-order valence-electron chi connectivity index (χ4n) is 3.06. The summed E-state index contributed by atoms with van der Waals surface area (Å²) in [5, 5.41) is 6.06. The average molecular weight is 364 g/mol. The van der Waals surface area contributed by atoms with Gasteiger partial charge in [-0.15, -0.1) is 0 Å². The standard InChI is InChI=1S/C18H19ClFN3O2/c19-17-14(8-11-6-7-12(20)9-15(11)23-17)18(25)21-10-16(24)22-13-4-2-1-3-5-13/h6-9,13H,1-5,10H2,(H,21,25)(H,22,24). The summed E-state index contributed by atoms with van der Waals surface area (Å²) in [4.78, 5) is 28.3. The molecule has 1 aliphatic carbocycles. The number of nitrogens with zero attached hydrogens (tertiary/aromatic N) is 1. The van der Waals surface area contributed by atoms with Crippen molar-refractivity contribution in [2.45, 2.75) is 38.1 Å². The minimum atomic E-state index is -0.484. The first-order valence-electron chi connectivity index (χ1n) is 8.36. The molecule has 2 N–H and O–H groups in total. The summed E-state index contributed by atoms with van der Waals surface area (Å²) in [5.41, 5.74) is 0.530. The Morgan fingerprint density at radius 2 is 1.96 bits per heavy atom. The van der Waals surface area contributed by atoms with Gasteiger partial charge in [0.25, 0.3) is 5.91 Å². The molecule has 0 saturated heterocycles. The smallest absolute Gasteiger partial charge is 0.254 e. The van der Waals surface area contributed by atoms with Crippen molar-refractivity contribution in [1.82, 2.24) is 15.6 Å². The van der Waals surface area contributed by atoms with Crippen LogP contribution in [0, 0.1) is 5.82 Å². The summed E-state index contributed by atoms with van der Waals surface area (Å²) < 4.78 is 13.2. The zero-order chi connectivity index (χ0) is 17.8. The van der Waals surface area contributed by atoms with E-state index in [0.717, 1.165) is 25.7 Å². The van der Waals surface area contributed by atoms with E-state index in [0.29, 0.717) is 10.9 Å². The average Bonchev–Trinajstić information content (AvgIpc) is 2.60. The van der Waals surface area contributed by atoms with E-state index in [9.17, 15) is 14.0 Å². The Morgan fingerprint density at radius 1 is 1.20 bits per heavy atom. The monoisotopic (exact) mass is 363 g/mol. The number of fused-ring (bicyclic) bond motifs is 1. The summed E-state index contributed by atoms with van der Waals surface area (Å²) >= 11 is 6.03. The molecule has 0 unspecified atom stereocenters. The molecule has 1 aromatic heterocycles. The summed E-state index contributed by atoms with van der Waals surface area (Å²) in [7, 11) is 0. The molecule has 1 aromatic carbocycles. The Labute approximate surface area is 150 Å². The van der Waals surface area contributed by atoms with Crippen LogP contribution in [0.5, 0.6) is 0 Å². The van der Waals surface area contributed by atoms with Crippen LogP contribution < -0.4 is 10.6 Å². The van der Waals surface area contributed by atoms with Crippen LogP contribution in [0.25, 0.3) is 10.9 Å². The van der Waals surface area contributed by atoms with Gasteiger partial charge in [-0.3, -0.25) is 9.59 Å². The summed E-state index contributed by atoms with van der Waals surface area (Å²) in [6.07, 6.45) is 5.42. The van der Waals surface area contributed by atoms with Crippen molar-refractivity contribution in [3.8, 4) is 0 Å². The second-order valence-electron chi connectivity index (χ2n) is 6.25. The maximum atomic E-state index is 13.2. The third-order valence-corrected chi connectivity index (χ3v) is 4.65. The van der Waals surface area contributed by atoms with E-state index in [1.54, 1.807) is 6.07 Å². The number of benzene rings is 1. The Hall–Kier alpha value is -2.21. The van der Waals surface area contributed by atoms with Crippen molar-refractivity contribution in [3.63, 3.8) is 0 Å². The van der Waals surface area contributed by atoms with Gasteiger partial charge in [-0.1, -0.05) is 30.9 Å². The van der Waals surface area contributed by atoms with Crippen LogP contribution >= 0.6 is 11.6 Å². The zero-order valence-corrected chi connectivity index (χ0v) is 14.4. The van der Waals surface area contributed by atoms with E-state index in [2.05, 4.69) is 15.6 Å². The summed E-state index contributed by atoms with van der Waals surface area (Å²) in [5.74, 6) is -1.12. The first kappa shape index (κ1) is 17.6. The summed E-state index contributed by atoms with van der Waals surface area (Å²) in [6, 6.07) is 5.80. The van der Waals surface area contributed by atoms with Crippen molar-refractivity contribution in [3.05, 3.63) is 40.8 Å². The highest BCUT2D eigenvalue weighted by atomic mass is 35.5. The van der Waals surface area contributed by atoms with Crippen molar-refractivity contribution in [2.24, 2.45) is 0 Å². The topological polar surface area (TPSA) is 71.1 Å². The van der Waals surface area contributed by atoms with E-state index in [1.165, 1.54) is 24.6 Å². The number of pyridine rings is 1. The largest absolute Gasteiger partial charge is 0.352 e. The molecular weight excluding hydrogens is 345 g/mol. The van der Waals surface area contributed by atoms with Gasteiger partial charge in [-0.25, -0.2) is 9.37 Å². The highest BCUT2D eigenvalue weighted by Crippen LogP contribution is 2.21. The zero-order valence-electron chi connectivity index (χ0n) is 13.6. The maximum Gasteiger partial charge on any atom is 0.254 e. The normalized spacial score (nSPS) is 15.1. The van der Waals surface area contributed by atoms with Gasteiger partial charge in [-0.05, 0) is 31.0 Å². The molecular formula is C18H19ClFN3O2. The molecule has 5 nitrogen and oxygen atoms in total. The van der Waals surface area contributed by atoms with Gasteiger partial charge in [0.1, 0.15) is 11.0 Å². The number of amides is 2. The molecule has 0 bridgehead atoms. The summed E-state index contributed by atoms with van der Waals surface area (Å²) in [6.45, 7) is -0.118. The van der Waals surface area contributed by atoms with Crippen LogP contribution in [0.1, 0.15) is 42.5 Å².